The predicted octanol–water partition coefficient (Wildman–Crippen LogP) is -1.75. The molecule has 1 aromatic rings. The second-order valence-corrected chi connectivity index (χ2v) is 6.98. The van der Waals surface area contributed by atoms with E-state index in [1.54, 1.807) is 0 Å². The summed E-state index contributed by atoms with van der Waals surface area (Å²) in [5, 5.41) is 68.6. The Balaban J connectivity index is 2.23. The van der Waals surface area contributed by atoms with E-state index in [0.717, 1.165) is 0 Å². The maximum absolute atomic E-state index is 10.1. The van der Waals surface area contributed by atoms with Gasteiger partial charge in [0.15, 0.2) is 0 Å². The van der Waals surface area contributed by atoms with Gasteiger partial charge in [-0.25, -0.2) is 0 Å². The van der Waals surface area contributed by atoms with Crippen molar-refractivity contribution < 1.29 is 45.2 Å². The number of aliphatic hydroxyl groups is 6. The molecule has 26 heavy (non-hydrogen) atoms. The molecule has 0 bridgehead atoms. The van der Waals surface area contributed by atoms with Crippen molar-refractivity contribution in [3.63, 3.8) is 0 Å². The quantitative estimate of drug-likeness (QED) is 0.306. The summed E-state index contributed by atoms with van der Waals surface area (Å²) in [6, 6.07) is 4.02. The van der Waals surface area contributed by atoms with Gasteiger partial charge in [0.25, 0.3) is 0 Å². The van der Waals surface area contributed by atoms with Crippen molar-refractivity contribution >= 4 is 0 Å². The number of benzene rings is 1. The average molecular weight is 374 g/mol. The molecule has 1 aliphatic rings. The summed E-state index contributed by atoms with van der Waals surface area (Å²) < 4.78 is 10.8. The summed E-state index contributed by atoms with van der Waals surface area (Å²) in [4.78, 5) is 0. The van der Waals surface area contributed by atoms with Gasteiger partial charge in [-0.05, 0) is 32.0 Å². The molecule has 0 spiro atoms. The van der Waals surface area contributed by atoms with Crippen LogP contribution in [0.2, 0.25) is 0 Å². The van der Waals surface area contributed by atoms with E-state index in [-0.39, 0.29) is 17.9 Å². The third-order valence-corrected chi connectivity index (χ3v) is 4.36. The highest BCUT2D eigenvalue weighted by molar-refractivity contribution is 5.40. The Hall–Kier alpha value is -1.46. The third kappa shape index (κ3) is 4.63. The van der Waals surface area contributed by atoms with E-state index < -0.39 is 49.0 Å². The zero-order valence-electron chi connectivity index (χ0n) is 14.6. The van der Waals surface area contributed by atoms with E-state index >= 15 is 0 Å². The number of hydrogen-bond donors (Lipinski definition) is 7. The summed E-state index contributed by atoms with van der Waals surface area (Å²) in [7, 11) is 0. The van der Waals surface area contributed by atoms with Crippen LogP contribution in [0.1, 0.15) is 19.4 Å². The molecular formula is C17H26O9. The smallest absolute Gasteiger partial charge is 0.229 e. The monoisotopic (exact) mass is 374 g/mol. The number of rotatable bonds is 6. The van der Waals surface area contributed by atoms with Crippen LogP contribution in [0.5, 0.6) is 11.5 Å². The molecule has 0 radical (unpaired) electrons. The fourth-order valence-corrected chi connectivity index (χ4v) is 2.59. The lowest BCUT2D eigenvalue weighted by Gasteiger charge is -2.39. The van der Waals surface area contributed by atoms with Crippen LogP contribution in [0.15, 0.2) is 18.2 Å². The highest BCUT2D eigenvalue weighted by Gasteiger charge is 2.45. The van der Waals surface area contributed by atoms with Gasteiger partial charge >= 0.3 is 0 Å². The first-order valence-corrected chi connectivity index (χ1v) is 8.24. The Labute approximate surface area is 150 Å². The molecule has 0 aromatic heterocycles. The number of aromatic hydroxyl groups is 1. The largest absolute Gasteiger partial charge is 0.508 e. The van der Waals surface area contributed by atoms with E-state index in [0.29, 0.717) is 5.56 Å². The highest BCUT2D eigenvalue weighted by atomic mass is 16.7. The molecule has 6 atom stereocenters. The summed E-state index contributed by atoms with van der Waals surface area (Å²) in [6.07, 6.45) is -8.44. The van der Waals surface area contributed by atoms with Crippen LogP contribution in [0.4, 0.5) is 0 Å². The maximum atomic E-state index is 10.1. The lowest BCUT2D eigenvalue weighted by Crippen LogP contribution is -2.60. The Morgan fingerprint density at radius 1 is 1.15 bits per heavy atom. The summed E-state index contributed by atoms with van der Waals surface area (Å²) in [5.74, 6) is 0.0412. The zero-order valence-corrected chi connectivity index (χ0v) is 14.6. The molecule has 2 rings (SSSR count). The fraction of sp³-hybridized carbons (Fsp3) is 0.647. The first-order chi connectivity index (χ1) is 12.0. The maximum Gasteiger partial charge on any atom is 0.229 e. The predicted molar refractivity (Wildman–Crippen MR) is 88.5 cm³/mol. The Kier molecular flexibility index (Phi) is 6.46. The highest BCUT2D eigenvalue weighted by Crippen LogP contribution is 2.30. The van der Waals surface area contributed by atoms with Crippen LogP contribution in [0.25, 0.3) is 0 Å². The van der Waals surface area contributed by atoms with Crippen LogP contribution >= 0.6 is 0 Å². The summed E-state index contributed by atoms with van der Waals surface area (Å²) in [6.45, 7) is 2.27. The van der Waals surface area contributed by atoms with Gasteiger partial charge in [-0.15, -0.1) is 0 Å². The number of ether oxygens (including phenoxy) is 2. The number of aliphatic hydroxyl groups excluding tert-OH is 5. The Bertz CT molecular complexity index is 598. The van der Waals surface area contributed by atoms with Crippen molar-refractivity contribution in [2.45, 2.75) is 62.7 Å². The number of phenolic OH excluding ortho intramolecular Hbond substituents is 1. The van der Waals surface area contributed by atoms with Gasteiger partial charge in [-0.3, -0.25) is 0 Å². The van der Waals surface area contributed by atoms with Crippen molar-refractivity contribution in [2.24, 2.45) is 0 Å². The number of hydrogen-bond acceptors (Lipinski definition) is 9. The Morgan fingerprint density at radius 3 is 2.38 bits per heavy atom. The van der Waals surface area contributed by atoms with E-state index in [1.807, 2.05) is 0 Å². The number of phenols is 1. The minimum absolute atomic E-state index is 0.0648. The van der Waals surface area contributed by atoms with Gasteiger partial charge in [0.2, 0.25) is 6.29 Å². The topological polar surface area (TPSA) is 160 Å². The molecule has 0 unspecified atom stereocenters. The van der Waals surface area contributed by atoms with E-state index in [9.17, 15) is 35.7 Å². The fourth-order valence-electron chi connectivity index (χ4n) is 2.59. The van der Waals surface area contributed by atoms with Gasteiger partial charge < -0.3 is 45.2 Å². The SMILES string of the molecule is CC(C)(O)[C@H](O)Cc1cc(O)ccc1O[C@@H]1O[C@H](CO)[C@@H](O)[C@H](O)[C@H]1O. The van der Waals surface area contributed by atoms with Crippen molar-refractivity contribution in [3.05, 3.63) is 23.8 Å². The minimum atomic E-state index is -1.59. The van der Waals surface area contributed by atoms with Crippen LogP contribution in [-0.2, 0) is 11.2 Å². The molecule has 9 nitrogen and oxygen atoms in total. The van der Waals surface area contributed by atoms with Gasteiger partial charge in [-0.2, -0.15) is 0 Å². The molecule has 7 N–H and O–H groups in total. The molecule has 1 aromatic carbocycles. The molecule has 0 aliphatic carbocycles. The van der Waals surface area contributed by atoms with Crippen molar-refractivity contribution in [3.8, 4) is 11.5 Å². The third-order valence-electron chi connectivity index (χ3n) is 4.36. The van der Waals surface area contributed by atoms with Crippen LogP contribution in [-0.4, -0.2) is 84.8 Å². The van der Waals surface area contributed by atoms with Gasteiger partial charge in [0.1, 0.15) is 35.9 Å². The lowest BCUT2D eigenvalue weighted by atomic mass is 9.94. The molecular weight excluding hydrogens is 348 g/mol. The minimum Gasteiger partial charge on any atom is -0.508 e. The van der Waals surface area contributed by atoms with E-state index in [1.165, 1.54) is 32.0 Å². The second kappa shape index (κ2) is 8.05. The molecule has 9 heteroatoms. The molecule has 1 fully saturated rings. The first-order valence-electron chi connectivity index (χ1n) is 8.24. The second-order valence-electron chi connectivity index (χ2n) is 6.98. The average Bonchev–Trinajstić information content (AvgIpc) is 2.56. The molecule has 0 saturated carbocycles. The van der Waals surface area contributed by atoms with Gasteiger partial charge in [-0.1, -0.05) is 0 Å². The lowest BCUT2D eigenvalue weighted by molar-refractivity contribution is -0.277. The normalized spacial score (nSPS) is 30.8. The van der Waals surface area contributed by atoms with E-state index in [2.05, 4.69) is 0 Å². The van der Waals surface area contributed by atoms with Crippen LogP contribution < -0.4 is 4.74 Å². The van der Waals surface area contributed by atoms with Gasteiger partial charge in [0, 0.05) is 12.0 Å². The van der Waals surface area contributed by atoms with Crippen molar-refractivity contribution in [2.75, 3.05) is 6.61 Å². The van der Waals surface area contributed by atoms with E-state index in [4.69, 9.17) is 9.47 Å². The van der Waals surface area contributed by atoms with Gasteiger partial charge in [0.05, 0.1) is 18.3 Å². The molecule has 1 aliphatic heterocycles. The molecule has 0 amide bonds. The molecule has 1 saturated heterocycles. The zero-order chi connectivity index (χ0) is 19.6. The Morgan fingerprint density at radius 2 is 1.81 bits per heavy atom. The van der Waals surface area contributed by atoms with Crippen molar-refractivity contribution in [1.29, 1.82) is 0 Å². The summed E-state index contributed by atoms with van der Waals surface area (Å²) in [5.41, 5.74) is -1.07. The standard InChI is InChI=1S/C17H26O9/c1-17(2,24)12(20)6-8-5-9(19)3-4-10(8)25-16-15(23)14(22)13(21)11(7-18)26-16/h3-5,11-16,18-24H,6-7H2,1-2H3/t11-,12-,13-,14+,15-,16-/m1/s1. The van der Waals surface area contributed by atoms with Crippen molar-refractivity contribution in [1.82, 2.24) is 0 Å². The van der Waals surface area contributed by atoms with Crippen LogP contribution in [0, 0.1) is 0 Å². The van der Waals surface area contributed by atoms with Crippen LogP contribution in [0.3, 0.4) is 0 Å². The molecule has 148 valence electrons. The summed E-state index contributed by atoms with van der Waals surface area (Å²) >= 11 is 0. The molecule has 1 heterocycles. The first kappa shape index (κ1) is 20.8.